The van der Waals surface area contributed by atoms with Gasteiger partial charge in [-0.2, -0.15) is 0 Å². The molecule has 0 saturated carbocycles. The number of rotatable bonds is 63. The second kappa shape index (κ2) is 71.5. The van der Waals surface area contributed by atoms with Crippen molar-refractivity contribution in [3.8, 4) is 0 Å². The molecule has 0 rings (SSSR count). The molecule has 0 aromatic carbocycles. The number of aliphatic carboxylic acids is 1. The molecule has 2 atom stereocenters. The van der Waals surface area contributed by atoms with Gasteiger partial charge >= 0.3 is 11.9 Å². The van der Waals surface area contributed by atoms with Crippen molar-refractivity contribution in [2.75, 3.05) is 47.5 Å². The van der Waals surface area contributed by atoms with Crippen molar-refractivity contribution in [2.45, 2.75) is 245 Å². The summed E-state index contributed by atoms with van der Waals surface area (Å²) < 4.78 is 22.7. The lowest BCUT2D eigenvalue weighted by atomic mass is 10.0. The zero-order valence-electron chi connectivity index (χ0n) is 59.0. The third kappa shape index (κ3) is 72.9. The molecule has 0 spiro atoms. The van der Waals surface area contributed by atoms with Crippen LogP contribution in [-0.4, -0.2) is 82.3 Å². The summed E-state index contributed by atoms with van der Waals surface area (Å²) in [4.78, 5) is 37.5. The summed E-state index contributed by atoms with van der Waals surface area (Å²) in [6.07, 6.45) is 110. The highest BCUT2D eigenvalue weighted by atomic mass is 16.7. The fraction of sp³-hybridized carbons (Fsp3) is 0.536. The SMILES string of the molecule is CC/C=C\C/C=C\C/C=C\C/C=C\C/C=C\C/C=C\C/C=C\C/C=C\C/C=C\C/C=C\CCCCCCCCCCCCC(=O)OC(COC(=O)CCCC/C=C\C/C=C\C/C=C\C/C=C\C/C=C\C/C=C\C/C=C\C/C=C\CC)COC(OCC[N+](C)(C)C)C(=O)[O-]. The molecule has 2 unspecified atom stereocenters. The number of carboxylic acid groups (broad SMARTS) is 1. The van der Waals surface area contributed by atoms with Crippen LogP contribution in [0.25, 0.3) is 0 Å². The number of unbranched alkanes of at least 4 members (excludes halogenated alkanes) is 12. The van der Waals surface area contributed by atoms with Crippen LogP contribution in [0.1, 0.15) is 232 Å². The molecule has 0 aliphatic heterocycles. The second-order valence-corrected chi connectivity index (χ2v) is 24.1. The standard InChI is InChI=1S/C84H129NO8/c1-6-8-10-12-14-16-18-20-22-24-26-28-30-32-34-35-36-37-38-39-40-41-42-43-44-45-46-47-49-51-53-55-57-59-61-63-65-67-69-71-73-75-82(87)93-80(79-92-84(83(88)89)90-77-76-85(3,4)5)78-91-81(86)74-72-70-68-66-64-62-60-58-56-54-52-50-48-33-31-29-27-25-23-21-19-17-15-13-11-9-7-2/h8-11,14-17,20-23,26-29,32-34,36-37,39-40,42-43,45-46,48-49,51-52,54,58,60,64,66,80,84H,6-7,12-13,18-19,24-25,30-31,35,38,41,44,47,50,53,55-57,59,61-63,65,67-79H2,1-5H3/b10-8-,11-9-,16-14-,17-15-,22-20-,23-21-,28-26-,29-27-,34-32-,37-36-,40-39-,43-42-,46-45-,48-33-,51-49-,54-52-,60-58-,66-64-. The number of carbonyl (C=O) groups is 3. The van der Waals surface area contributed by atoms with E-state index in [1.165, 1.54) is 38.5 Å². The summed E-state index contributed by atoms with van der Waals surface area (Å²) in [7, 11) is 5.90. The first-order valence-corrected chi connectivity index (χ1v) is 35.9. The summed E-state index contributed by atoms with van der Waals surface area (Å²) in [5.41, 5.74) is 0. The Kier molecular flexibility index (Phi) is 66.5. The van der Waals surface area contributed by atoms with Crippen LogP contribution in [0.15, 0.2) is 219 Å². The molecule has 0 fully saturated rings. The number of likely N-dealkylation sites (N-methyl/N-ethyl adjacent to an activating group) is 1. The molecule has 0 bridgehead atoms. The Morgan fingerprint density at radius 2 is 0.581 bits per heavy atom. The lowest BCUT2D eigenvalue weighted by molar-refractivity contribution is -0.870. The molecule has 0 amide bonds. The quantitative estimate of drug-likeness (QED) is 0.0195. The predicted octanol–water partition coefficient (Wildman–Crippen LogP) is 21.6. The summed E-state index contributed by atoms with van der Waals surface area (Å²) in [6, 6.07) is 0. The molecule has 9 heteroatoms. The van der Waals surface area contributed by atoms with Gasteiger partial charge in [-0.1, -0.05) is 284 Å². The molecule has 9 nitrogen and oxygen atoms in total. The molecule has 0 saturated heterocycles. The van der Waals surface area contributed by atoms with Gasteiger partial charge in [0.2, 0.25) is 0 Å². The second-order valence-electron chi connectivity index (χ2n) is 24.1. The number of carboxylic acids is 1. The molecule has 0 N–H and O–H groups in total. The minimum Gasteiger partial charge on any atom is -0.545 e. The third-order valence-electron chi connectivity index (χ3n) is 14.2. The van der Waals surface area contributed by atoms with Gasteiger partial charge in [-0.25, -0.2) is 0 Å². The molecule has 0 radical (unpaired) electrons. The number of carbonyl (C=O) groups excluding carboxylic acids is 3. The molecule has 0 aromatic heterocycles. The van der Waals surface area contributed by atoms with Gasteiger partial charge in [-0.05, 0) is 154 Å². The Morgan fingerprint density at radius 1 is 0.323 bits per heavy atom. The zero-order chi connectivity index (χ0) is 67.5. The van der Waals surface area contributed by atoms with E-state index in [1.807, 2.05) is 21.1 Å². The Hall–Kier alpha value is -6.39. The van der Waals surface area contributed by atoms with E-state index < -0.39 is 30.3 Å². The molecule has 0 aliphatic carbocycles. The molecule has 0 aliphatic rings. The smallest absolute Gasteiger partial charge is 0.306 e. The van der Waals surface area contributed by atoms with Gasteiger partial charge in [0, 0.05) is 12.8 Å². The van der Waals surface area contributed by atoms with E-state index in [2.05, 4.69) is 233 Å². The van der Waals surface area contributed by atoms with E-state index >= 15 is 0 Å². The van der Waals surface area contributed by atoms with Gasteiger partial charge in [-0.3, -0.25) is 9.59 Å². The number of allylic oxidation sites excluding steroid dienone is 36. The van der Waals surface area contributed by atoms with Gasteiger partial charge in [0.15, 0.2) is 12.4 Å². The van der Waals surface area contributed by atoms with Crippen LogP contribution in [0.4, 0.5) is 0 Å². The van der Waals surface area contributed by atoms with Gasteiger partial charge in [0.1, 0.15) is 13.2 Å². The lowest BCUT2D eigenvalue weighted by Crippen LogP contribution is -2.44. The monoisotopic (exact) mass is 1280 g/mol. The lowest BCUT2D eigenvalue weighted by Gasteiger charge is -2.26. The van der Waals surface area contributed by atoms with Gasteiger partial charge < -0.3 is 33.3 Å². The molecule has 0 heterocycles. The van der Waals surface area contributed by atoms with Crippen LogP contribution in [0, 0.1) is 0 Å². The Balaban J connectivity index is 4.25. The number of esters is 2. The van der Waals surface area contributed by atoms with Crippen molar-refractivity contribution in [3.05, 3.63) is 219 Å². The molecular weight excluding hydrogens is 1150 g/mol. The van der Waals surface area contributed by atoms with E-state index in [0.717, 1.165) is 154 Å². The number of nitrogens with zero attached hydrogens (tertiary/aromatic N) is 1. The first-order valence-electron chi connectivity index (χ1n) is 35.9. The minimum atomic E-state index is -1.65. The maximum atomic E-state index is 12.9. The van der Waals surface area contributed by atoms with Crippen molar-refractivity contribution in [2.24, 2.45) is 0 Å². The molecule has 0 aromatic rings. The van der Waals surface area contributed by atoms with Crippen molar-refractivity contribution >= 4 is 17.9 Å². The van der Waals surface area contributed by atoms with Crippen LogP contribution in [0.3, 0.4) is 0 Å². The molecule has 93 heavy (non-hydrogen) atoms. The van der Waals surface area contributed by atoms with Gasteiger partial charge in [0.25, 0.3) is 0 Å². The van der Waals surface area contributed by atoms with E-state index in [9.17, 15) is 19.5 Å². The normalized spacial score (nSPS) is 14.0. The summed E-state index contributed by atoms with van der Waals surface area (Å²) in [5.74, 6) is -2.37. The summed E-state index contributed by atoms with van der Waals surface area (Å²) >= 11 is 0. The number of quaternary nitrogens is 1. The number of hydrogen-bond donors (Lipinski definition) is 0. The largest absolute Gasteiger partial charge is 0.545 e. The average Bonchev–Trinajstić information content (AvgIpc) is 3.38. The maximum Gasteiger partial charge on any atom is 0.306 e. The highest BCUT2D eigenvalue weighted by Crippen LogP contribution is 2.14. The van der Waals surface area contributed by atoms with Crippen LogP contribution < -0.4 is 5.11 Å². The van der Waals surface area contributed by atoms with Crippen LogP contribution >= 0.6 is 0 Å². The van der Waals surface area contributed by atoms with Gasteiger partial charge in [0.05, 0.1) is 40.3 Å². The fourth-order valence-electron chi connectivity index (χ4n) is 8.81. The maximum absolute atomic E-state index is 12.9. The zero-order valence-corrected chi connectivity index (χ0v) is 59.0. The van der Waals surface area contributed by atoms with Crippen LogP contribution in [0.2, 0.25) is 0 Å². The average molecular weight is 1280 g/mol. The summed E-state index contributed by atoms with van der Waals surface area (Å²) in [6.45, 7) is 4.43. The van der Waals surface area contributed by atoms with Crippen molar-refractivity contribution in [1.82, 2.24) is 0 Å². The third-order valence-corrected chi connectivity index (χ3v) is 14.2. The van der Waals surface area contributed by atoms with Crippen molar-refractivity contribution < 1.29 is 42.9 Å². The van der Waals surface area contributed by atoms with E-state index in [0.29, 0.717) is 23.9 Å². The molecular formula is C84H129NO8. The Bertz CT molecular complexity index is 2330. The highest BCUT2D eigenvalue weighted by Gasteiger charge is 2.22. The minimum absolute atomic E-state index is 0.127. The topological polar surface area (TPSA) is 111 Å². The number of ether oxygens (including phenoxy) is 4. The van der Waals surface area contributed by atoms with Crippen molar-refractivity contribution in [1.29, 1.82) is 0 Å². The fourth-order valence-corrected chi connectivity index (χ4v) is 8.81. The number of hydrogen-bond acceptors (Lipinski definition) is 8. The highest BCUT2D eigenvalue weighted by molar-refractivity contribution is 5.70. The first kappa shape index (κ1) is 86.6. The first-order chi connectivity index (χ1) is 45.6. The molecule has 518 valence electrons. The Morgan fingerprint density at radius 3 is 0.882 bits per heavy atom. The predicted molar refractivity (Wildman–Crippen MR) is 397 cm³/mol. The van der Waals surface area contributed by atoms with E-state index in [4.69, 9.17) is 18.9 Å². The van der Waals surface area contributed by atoms with E-state index in [-0.39, 0.29) is 32.7 Å². The van der Waals surface area contributed by atoms with E-state index in [1.54, 1.807) is 0 Å². The van der Waals surface area contributed by atoms with Gasteiger partial charge in [-0.15, -0.1) is 0 Å². The summed E-state index contributed by atoms with van der Waals surface area (Å²) in [5, 5.41) is 11.8. The van der Waals surface area contributed by atoms with Crippen molar-refractivity contribution in [3.63, 3.8) is 0 Å². The van der Waals surface area contributed by atoms with Crippen LogP contribution in [0.5, 0.6) is 0 Å². The van der Waals surface area contributed by atoms with Crippen LogP contribution in [-0.2, 0) is 33.3 Å². The Labute approximate surface area is 568 Å².